The van der Waals surface area contributed by atoms with Crippen molar-refractivity contribution in [1.82, 2.24) is 0 Å². The fraction of sp³-hybridized carbons (Fsp3) is 0.269. The van der Waals surface area contributed by atoms with E-state index in [1.165, 1.54) is 23.3 Å². The molecule has 3 aromatic carbocycles. The Labute approximate surface area is 176 Å². The minimum atomic E-state index is -0.323. The molecule has 0 radical (unpaired) electrons. The first-order valence-corrected chi connectivity index (χ1v) is 10.4. The van der Waals surface area contributed by atoms with Crippen LogP contribution >= 0.6 is 0 Å². The Kier molecular flexibility index (Phi) is 5.58. The van der Waals surface area contributed by atoms with Gasteiger partial charge in [-0.1, -0.05) is 48.9 Å². The Bertz CT molecular complexity index is 1010. The van der Waals surface area contributed by atoms with E-state index in [4.69, 9.17) is 0 Å². The minimum absolute atomic E-state index is 0.0655. The van der Waals surface area contributed by atoms with Crippen molar-refractivity contribution in [3.63, 3.8) is 0 Å². The maximum absolute atomic E-state index is 13.4. The lowest BCUT2D eigenvalue weighted by atomic mass is 9.77. The number of hydrogen-bond acceptors (Lipinski definition) is 2. The molecule has 1 saturated heterocycles. The number of aryl methyl sites for hydroxylation is 1. The van der Waals surface area contributed by atoms with Crippen LogP contribution in [0.4, 0.5) is 10.1 Å². The van der Waals surface area contributed by atoms with Gasteiger partial charge in [-0.3, -0.25) is 4.79 Å². The number of amides is 1. The molecule has 0 aliphatic carbocycles. The number of phenols is 1. The van der Waals surface area contributed by atoms with Crippen molar-refractivity contribution in [1.29, 1.82) is 0 Å². The number of nitrogens with zero attached hydrogens (tertiary/aromatic N) is 1. The van der Waals surface area contributed by atoms with Crippen molar-refractivity contribution >= 4 is 11.6 Å². The second kappa shape index (κ2) is 8.31. The van der Waals surface area contributed by atoms with E-state index >= 15 is 0 Å². The molecule has 1 fully saturated rings. The van der Waals surface area contributed by atoms with Crippen molar-refractivity contribution < 1.29 is 14.3 Å². The Hall–Kier alpha value is -3.14. The van der Waals surface area contributed by atoms with E-state index in [1.807, 2.05) is 12.1 Å². The van der Waals surface area contributed by atoms with Gasteiger partial charge in [0, 0.05) is 5.69 Å². The van der Waals surface area contributed by atoms with E-state index in [-0.39, 0.29) is 29.4 Å². The van der Waals surface area contributed by atoms with Crippen molar-refractivity contribution in [3.05, 3.63) is 95.3 Å². The standard InChI is InChI=1S/C26H26FNO2/c1-17-3-6-19(7-4-17)18(2)5-16-24-25(20-8-14-23(29)15-9-20)28(26(24)30)22-12-10-21(27)11-13-22/h3-4,6-15,18,24-25,29H,5,16H2,1-2H3/t18?,24-,25?/m1/s1. The molecular weight excluding hydrogens is 377 g/mol. The first kappa shape index (κ1) is 20.1. The molecule has 3 aromatic rings. The molecule has 1 N–H and O–H groups in total. The Morgan fingerprint density at radius 1 is 0.967 bits per heavy atom. The van der Waals surface area contributed by atoms with Crippen LogP contribution in [0.25, 0.3) is 0 Å². The summed E-state index contributed by atoms with van der Waals surface area (Å²) < 4.78 is 13.4. The molecule has 1 aliphatic rings. The first-order chi connectivity index (χ1) is 14.4. The SMILES string of the molecule is Cc1ccc(C(C)CC[C@H]2C(=O)N(c3ccc(F)cc3)C2c2ccc(O)cc2)cc1. The molecule has 3 atom stereocenters. The van der Waals surface area contributed by atoms with E-state index < -0.39 is 0 Å². The summed E-state index contributed by atoms with van der Waals surface area (Å²) in [6, 6.07) is 21.5. The average Bonchev–Trinajstić information content (AvgIpc) is 2.74. The second-order valence-corrected chi connectivity index (χ2v) is 8.22. The lowest BCUT2D eigenvalue weighted by Gasteiger charge is -2.48. The number of phenolic OH excluding ortho intramolecular Hbond substituents is 1. The Balaban J connectivity index is 1.55. The fourth-order valence-electron chi connectivity index (χ4n) is 4.26. The highest BCUT2D eigenvalue weighted by Gasteiger charge is 2.48. The maximum atomic E-state index is 13.4. The van der Waals surface area contributed by atoms with Gasteiger partial charge in [0.15, 0.2) is 0 Å². The zero-order chi connectivity index (χ0) is 21.3. The molecule has 1 heterocycles. The molecule has 4 heteroatoms. The lowest BCUT2D eigenvalue weighted by Crippen LogP contribution is -2.55. The zero-order valence-corrected chi connectivity index (χ0v) is 17.3. The molecule has 3 nitrogen and oxygen atoms in total. The first-order valence-electron chi connectivity index (χ1n) is 10.4. The third-order valence-electron chi connectivity index (χ3n) is 6.11. The molecule has 0 spiro atoms. The molecule has 0 saturated carbocycles. The van der Waals surface area contributed by atoms with Crippen LogP contribution in [0.15, 0.2) is 72.8 Å². The maximum Gasteiger partial charge on any atom is 0.233 e. The van der Waals surface area contributed by atoms with Crippen LogP contribution < -0.4 is 4.90 Å². The number of carbonyl (C=O) groups is 1. The van der Waals surface area contributed by atoms with Crippen LogP contribution in [-0.2, 0) is 4.79 Å². The molecule has 4 rings (SSSR count). The van der Waals surface area contributed by atoms with E-state index in [2.05, 4.69) is 38.1 Å². The normalized spacial score (nSPS) is 19.4. The second-order valence-electron chi connectivity index (χ2n) is 8.22. The smallest absolute Gasteiger partial charge is 0.233 e. The fourth-order valence-corrected chi connectivity index (χ4v) is 4.26. The van der Waals surface area contributed by atoms with E-state index in [0.29, 0.717) is 11.6 Å². The highest BCUT2D eigenvalue weighted by molar-refractivity contribution is 6.03. The summed E-state index contributed by atoms with van der Waals surface area (Å²) in [6.45, 7) is 4.27. The molecule has 1 amide bonds. The van der Waals surface area contributed by atoms with Crippen molar-refractivity contribution in [2.75, 3.05) is 4.90 Å². The van der Waals surface area contributed by atoms with Gasteiger partial charge in [0.25, 0.3) is 0 Å². The summed E-state index contributed by atoms with van der Waals surface area (Å²) >= 11 is 0. The van der Waals surface area contributed by atoms with Gasteiger partial charge in [0.2, 0.25) is 5.91 Å². The highest BCUT2D eigenvalue weighted by Crippen LogP contribution is 2.46. The van der Waals surface area contributed by atoms with Gasteiger partial charge in [0.05, 0.1) is 12.0 Å². The number of halogens is 1. The molecular formula is C26H26FNO2. The number of rotatable bonds is 6. The number of anilines is 1. The monoisotopic (exact) mass is 403 g/mol. The molecule has 30 heavy (non-hydrogen) atoms. The predicted octanol–water partition coefficient (Wildman–Crippen LogP) is 6.13. The third kappa shape index (κ3) is 3.95. The Morgan fingerprint density at radius 3 is 2.23 bits per heavy atom. The topological polar surface area (TPSA) is 40.5 Å². The zero-order valence-electron chi connectivity index (χ0n) is 17.3. The summed E-state index contributed by atoms with van der Waals surface area (Å²) in [4.78, 5) is 14.8. The minimum Gasteiger partial charge on any atom is -0.508 e. The van der Waals surface area contributed by atoms with Gasteiger partial charge in [-0.15, -0.1) is 0 Å². The van der Waals surface area contributed by atoms with Gasteiger partial charge >= 0.3 is 0 Å². The molecule has 1 aliphatic heterocycles. The van der Waals surface area contributed by atoms with Crippen molar-refractivity contribution in [2.45, 2.75) is 38.6 Å². The summed E-state index contributed by atoms with van der Waals surface area (Å²) in [5.74, 6) is 0.167. The van der Waals surface area contributed by atoms with Gasteiger partial charge in [0.1, 0.15) is 11.6 Å². The number of hydrogen-bond donors (Lipinski definition) is 1. The quantitative estimate of drug-likeness (QED) is 0.503. The lowest BCUT2D eigenvalue weighted by molar-refractivity contribution is -0.130. The predicted molar refractivity (Wildman–Crippen MR) is 117 cm³/mol. The van der Waals surface area contributed by atoms with Crippen LogP contribution in [0.5, 0.6) is 5.75 Å². The summed E-state index contributed by atoms with van der Waals surface area (Å²) in [6.07, 6.45) is 1.68. The number of aromatic hydroxyl groups is 1. The summed E-state index contributed by atoms with van der Waals surface area (Å²) in [5, 5.41) is 9.66. The van der Waals surface area contributed by atoms with Gasteiger partial charge in [-0.2, -0.15) is 0 Å². The van der Waals surface area contributed by atoms with Crippen LogP contribution in [0, 0.1) is 18.7 Å². The number of benzene rings is 3. The average molecular weight is 403 g/mol. The van der Waals surface area contributed by atoms with Crippen molar-refractivity contribution in [3.8, 4) is 5.75 Å². The van der Waals surface area contributed by atoms with Crippen LogP contribution in [0.3, 0.4) is 0 Å². The number of β-lactam (4-membered cyclic amide) rings is 1. The highest BCUT2D eigenvalue weighted by atomic mass is 19.1. The van der Waals surface area contributed by atoms with E-state index in [1.54, 1.807) is 29.2 Å². The van der Waals surface area contributed by atoms with Crippen LogP contribution in [-0.4, -0.2) is 11.0 Å². The largest absolute Gasteiger partial charge is 0.508 e. The van der Waals surface area contributed by atoms with Crippen LogP contribution in [0.1, 0.15) is 48.4 Å². The molecule has 0 bridgehead atoms. The van der Waals surface area contributed by atoms with Gasteiger partial charge in [-0.25, -0.2) is 4.39 Å². The molecule has 154 valence electrons. The summed E-state index contributed by atoms with van der Waals surface area (Å²) in [7, 11) is 0. The van der Waals surface area contributed by atoms with E-state index in [9.17, 15) is 14.3 Å². The van der Waals surface area contributed by atoms with E-state index in [0.717, 1.165) is 18.4 Å². The van der Waals surface area contributed by atoms with Crippen LogP contribution in [0.2, 0.25) is 0 Å². The van der Waals surface area contributed by atoms with Crippen molar-refractivity contribution in [2.24, 2.45) is 5.92 Å². The van der Waals surface area contributed by atoms with Gasteiger partial charge in [-0.05, 0) is 73.2 Å². The summed E-state index contributed by atoms with van der Waals surface area (Å²) in [5.41, 5.74) is 4.19. The molecule has 0 aromatic heterocycles. The number of carbonyl (C=O) groups excluding carboxylic acids is 1. The molecule has 2 unspecified atom stereocenters. The Morgan fingerprint density at radius 2 is 1.60 bits per heavy atom. The third-order valence-corrected chi connectivity index (χ3v) is 6.11. The van der Waals surface area contributed by atoms with Gasteiger partial charge < -0.3 is 10.0 Å².